The van der Waals surface area contributed by atoms with Crippen LogP contribution in [0.15, 0.2) is 18.2 Å². The molecule has 21 heavy (non-hydrogen) atoms. The minimum absolute atomic E-state index is 0.0523. The second-order valence-corrected chi connectivity index (χ2v) is 5.86. The molecule has 0 aromatic heterocycles. The first kappa shape index (κ1) is 16.4. The smallest absolute Gasteiger partial charge is 0.234 e. The van der Waals surface area contributed by atoms with Crippen molar-refractivity contribution in [1.82, 2.24) is 10.6 Å². The quantitative estimate of drug-likeness (QED) is 0.676. The van der Waals surface area contributed by atoms with Gasteiger partial charge in [-0.2, -0.15) is 0 Å². The number of carbonyl (C=O) groups excluding carboxylic acids is 1. The summed E-state index contributed by atoms with van der Waals surface area (Å²) in [5.41, 5.74) is 0. The van der Waals surface area contributed by atoms with Crippen LogP contribution in [0.4, 0.5) is 0 Å². The van der Waals surface area contributed by atoms with Crippen molar-refractivity contribution in [2.75, 3.05) is 19.7 Å². The summed E-state index contributed by atoms with van der Waals surface area (Å²) in [5.74, 6) is 0.373. The van der Waals surface area contributed by atoms with Crippen molar-refractivity contribution in [2.45, 2.75) is 25.0 Å². The molecule has 1 aromatic rings. The first-order chi connectivity index (χ1) is 10.0. The lowest BCUT2D eigenvalue weighted by Gasteiger charge is -2.14. The molecular formula is C14H18Cl2N2O3. The van der Waals surface area contributed by atoms with E-state index in [1.807, 2.05) is 0 Å². The first-order valence-corrected chi connectivity index (χ1v) is 7.56. The molecule has 1 atom stereocenters. The SMILES string of the molecule is O=C(CNCC(O)COc1cc(Cl)ccc1Cl)NC1CC1. The number of hydrogen-bond donors (Lipinski definition) is 3. The van der Waals surface area contributed by atoms with Gasteiger partial charge in [0, 0.05) is 23.7 Å². The topological polar surface area (TPSA) is 70.6 Å². The molecule has 0 saturated heterocycles. The Bertz CT molecular complexity index is 495. The number of nitrogens with one attached hydrogen (secondary N) is 2. The van der Waals surface area contributed by atoms with E-state index in [0.717, 1.165) is 12.8 Å². The molecule has 1 aromatic carbocycles. The van der Waals surface area contributed by atoms with E-state index < -0.39 is 6.10 Å². The van der Waals surface area contributed by atoms with E-state index in [-0.39, 0.29) is 25.6 Å². The van der Waals surface area contributed by atoms with Crippen molar-refractivity contribution < 1.29 is 14.6 Å². The Balaban J connectivity index is 1.63. The average Bonchev–Trinajstić information content (AvgIpc) is 3.23. The van der Waals surface area contributed by atoms with Crippen molar-refractivity contribution >= 4 is 29.1 Å². The maximum Gasteiger partial charge on any atom is 0.234 e. The highest BCUT2D eigenvalue weighted by atomic mass is 35.5. The summed E-state index contributed by atoms with van der Waals surface area (Å²) in [4.78, 5) is 11.4. The van der Waals surface area contributed by atoms with Gasteiger partial charge in [0.05, 0.1) is 11.6 Å². The highest BCUT2D eigenvalue weighted by Crippen LogP contribution is 2.27. The van der Waals surface area contributed by atoms with Gasteiger partial charge in [0.15, 0.2) is 0 Å². The summed E-state index contributed by atoms with van der Waals surface area (Å²) < 4.78 is 5.40. The number of benzene rings is 1. The van der Waals surface area contributed by atoms with E-state index in [0.29, 0.717) is 21.8 Å². The van der Waals surface area contributed by atoms with Crippen LogP contribution >= 0.6 is 23.2 Å². The Hall–Kier alpha value is -1.01. The standard InChI is InChI=1S/C14H18Cl2N2O3/c15-9-1-4-12(16)13(5-9)21-8-11(19)6-17-7-14(20)18-10-2-3-10/h1,4-5,10-11,17,19H,2-3,6-8H2,(H,18,20). The van der Waals surface area contributed by atoms with Gasteiger partial charge in [0.2, 0.25) is 5.91 Å². The predicted octanol–water partition coefficient (Wildman–Crippen LogP) is 1.60. The van der Waals surface area contributed by atoms with Crippen LogP contribution in [0.3, 0.4) is 0 Å². The van der Waals surface area contributed by atoms with E-state index in [1.165, 1.54) is 0 Å². The van der Waals surface area contributed by atoms with Crippen LogP contribution in [0.5, 0.6) is 5.75 Å². The van der Waals surface area contributed by atoms with Gasteiger partial charge in [0.1, 0.15) is 18.5 Å². The number of ether oxygens (including phenoxy) is 1. The third kappa shape index (κ3) is 6.09. The Morgan fingerprint density at radius 2 is 2.19 bits per heavy atom. The molecule has 1 saturated carbocycles. The molecule has 116 valence electrons. The van der Waals surface area contributed by atoms with Gasteiger partial charge in [-0.25, -0.2) is 0 Å². The lowest BCUT2D eigenvalue weighted by atomic mass is 10.3. The molecule has 7 heteroatoms. The van der Waals surface area contributed by atoms with E-state index in [4.69, 9.17) is 27.9 Å². The van der Waals surface area contributed by atoms with Crippen molar-refractivity contribution in [2.24, 2.45) is 0 Å². The fraction of sp³-hybridized carbons (Fsp3) is 0.500. The summed E-state index contributed by atoms with van der Waals surface area (Å²) in [6, 6.07) is 5.23. The van der Waals surface area contributed by atoms with E-state index >= 15 is 0 Å². The average molecular weight is 333 g/mol. The van der Waals surface area contributed by atoms with Crippen LogP contribution in [-0.4, -0.2) is 42.9 Å². The van der Waals surface area contributed by atoms with Gasteiger partial charge < -0.3 is 20.5 Å². The molecule has 1 amide bonds. The predicted molar refractivity (Wildman–Crippen MR) is 82.0 cm³/mol. The number of halogens is 2. The van der Waals surface area contributed by atoms with Gasteiger partial charge in [-0.05, 0) is 25.0 Å². The molecule has 2 rings (SSSR count). The highest BCUT2D eigenvalue weighted by Gasteiger charge is 2.22. The first-order valence-electron chi connectivity index (χ1n) is 6.80. The van der Waals surface area contributed by atoms with Gasteiger partial charge in [-0.1, -0.05) is 23.2 Å². The Morgan fingerprint density at radius 1 is 1.43 bits per heavy atom. The lowest BCUT2D eigenvalue weighted by Crippen LogP contribution is -2.39. The van der Waals surface area contributed by atoms with Crippen LogP contribution in [0.25, 0.3) is 0 Å². The molecule has 0 aliphatic heterocycles. The number of aliphatic hydroxyl groups excluding tert-OH is 1. The summed E-state index contributed by atoms with van der Waals surface area (Å²) in [5, 5.41) is 16.5. The third-order valence-corrected chi connectivity index (χ3v) is 3.48. The third-order valence-electron chi connectivity index (χ3n) is 2.93. The number of aliphatic hydroxyl groups is 1. The summed E-state index contributed by atoms with van der Waals surface area (Å²) in [7, 11) is 0. The second kappa shape index (κ2) is 7.84. The maximum atomic E-state index is 11.4. The normalized spacial score (nSPS) is 15.6. The Kier molecular flexibility index (Phi) is 6.11. The van der Waals surface area contributed by atoms with E-state index in [2.05, 4.69) is 10.6 Å². The van der Waals surface area contributed by atoms with E-state index in [9.17, 15) is 9.90 Å². The molecule has 1 unspecified atom stereocenters. The molecule has 5 nitrogen and oxygen atoms in total. The van der Waals surface area contributed by atoms with Gasteiger partial charge in [0.25, 0.3) is 0 Å². The summed E-state index contributed by atoms with van der Waals surface area (Å²) in [6.45, 7) is 0.513. The van der Waals surface area contributed by atoms with Crippen molar-refractivity contribution in [1.29, 1.82) is 0 Å². The molecule has 0 radical (unpaired) electrons. The fourth-order valence-corrected chi connectivity index (χ4v) is 2.03. The van der Waals surface area contributed by atoms with Gasteiger partial charge in [-0.15, -0.1) is 0 Å². The van der Waals surface area contributed by atoms with E-state index in [1.54, 1.807) is 18.2 Å². The fourth-order valence-electron chi connectivity index (χ4n) is 1.69. The molecule has 3 N–H and O–H groups in total. The molecular weight excluding hydrogens is 315 g/mol. The Labute approximate surface area is 133 Å². The van der Waals surface area contributed by atoms with Crippen LogP contribution in [-0.2, 0) is 4.79 Å². The van der Waals surface area contributed by atoms with Gasteiger partial charge in [-0.3, -0.25) is 4.79 Å². The molecule has 1 fully saturated rings. The largest absolute Gasteiger partial charge is 0.489 e. The number of amides is 1. The molecule has 0 bridgehead atoms. The lowest BCUT2D eigenvalue weighted by molar-refractivity contribution is -0.120. The number of hydrogen-bond acceptors (Lipinski definition) is 4. The zero-order valence-corrected chi connectivity index (χ0v) is 13.0. The minimum atomic E-state index is -0.742. The van der Waals surface area contributed by atoms with Crippen LogP contribution in [0.1, 0.15) is 12.8 Å². The second-order valence-electron chi connectivity index (χ2n) is 5.01. The number of rotatable bonds is 8. The van der Waals surface area contributed by atoms with Crippen molar-refractivity contribution in [3.63, 3.8) is 0 Å². The Morgan fingerprint density at radius 3 is 2.90 bits per heavy atom. The highest BCUT2D eigenvalue weighted by molar-refractivity contribution is 6.34. The minimum Gasteiger partial charge on any atom is -0.489 e. The maximum absolute atomic E-state index is 11.4. The zero-order chi connectivity index (χ0) is 15.2. The molecule has 1 aliphatic carbocycles. The van der Waals surface area contributed by atoms with Crippen molar-refractivity contribution in [3.8, 4) is 5.75 Å². The van der Waals surface area contributed by atoms with Crippen LogP contribution < -0.4 is 15.4 Å². The van der Waals surface area contributed by atoms with Crippen LogP contribution in [0, 0.1) is 0 Å². The summed E-state index contributed by atoms with van der Waals surface area (Å²) >= 11 is 11.8. The number of carbonyl (C=O) groups is 1. The monoisotopic (exact) mass is 332 g/mol. The molecule has 0 spiro atoms. The van der Waals surface area contributed by atoms with Gasteiger partial charge >= 0.3 is 0 Å². The summed E-state index contributed by atoms with van der Waals surface area (Å²) in [6.07, 6.45) is 1.37. The molecule has 1 aliphatic rings. The van der Waals surface area contributed by atoms with Crippen LogP contribution in [0.2, 0.25) is 10.0 Å². The molecule has 0 heterocycles. The zero-order valence-electron chi connectivity index (χ0n) is 11.4. The van der Waals surface area contributed by atoms with Crippen molar-refractivity contribution in [3.05, 3.63) is 28.2 Å².